The van der Waals surface area contributed by atoms with E-state index >= 15 is 0 Å². The molecule has 0 unspecified atom stereocenters. The molecular weight excluding hydrogens is 156 g/mol. The van der Waals surface area contributed by atoms with Gasteiger partial charge >= 0.3 is 0 Å². The molecule has 0 aliphatic carbocycles. The molecule has 0 radical (unpaired) electrons. The van der Waals surface area contributed by atoms with Gasteiger partial charge in [0.05, 0.1) is 0 Å². The molecule has 0 aliphatic rings. The van der Waals surface area contributed by atoms with Crippen LogP contribution in [-0.4, -0.2) is 10.5 Å². The Balaban J connectivity index is 3.54. The maximum Gasteiger partial charge on any atom is 0.254 e. The van der Waals surface area contributed by atoms with E-state index in [4.69, 9.17) is 5.73 Å². The summed E-state index contributed by atoms with van der Waals surface area (Å²) >= 11 is 0. The molecular formula is C8H10N2O2. The van der Waals surface area contributed by atoms with Gasteiger partial charge in [0.1, 0.15) is 5.56 Å². The van der Waals surface area contributed by atoms with Crippen LogP contribution in [0.2, 0.25) is 0 Å². The molecule has 0 saturated carbocycles. The largest absolute Gasteiger partial charge is 0.365 e. The summed E-state index contributed by atoms with van der Waals surface area (Å²) in [6.45, 7) is 1.68. The number of rotatable bonds is 1. The molecule has 0 aromatic carbocycles. The van der Waals surface area contributed by atoms with Gasteiger partial charge in [0.15, 0.2) is 5.43 Å². The molecule has 4 heteroatoms. The second-order valence-electron chi connectivity index (χ2n) is 2.62. The molecule has 1 amide bonds. The molecule has 2 N–H and O–H groups in total. The van der Waals surface area contributed by atoms with Crippen molar-refractivity contribution in [1.82, 2.24) is 4.57 Å². The van der Waals surface area contributed by atoms with Crippen LogP contribution in [0.4, 0.5) is 0 Å². The van der Waals surface area contributed by atoms with E-state index in [0.29, 0.717) is 5.69 Å². The summed E-state index contributed by atoms with van der Waals surface area (Å²) < 4.78 is 1.68. The van der Waals surface area contributed by atoms with E-state index in [1.807, 2.05) is 0 Å². The molecule has 1 heterocycles. The van der Waals surface area contributed by atoms with Crippen LogP contribution in [0.1, 0.15) is 16.1 Å². The second-order valence-corrected chi connectivity index (χ2v) is 2.62. The molecule has 1 rings (SSSR count). The summed E-state index contributed by atoms with van der Waals surface area (Å²) in [7, 11) is 1.75. The van der Waals surface area contributed by atoms with Crippen LogP contribution >= 0.6 is 0 Å². The number of pyridine rings is 1. The van der Waals surface area contributed by atoms with E-state index in [-0.39, 0.29) is 11.0 Å². The zero-order chi connectivity index (χ0) is 9.30. The van der Waals surface area contributed by atoms with Crippen molar-refractivity contribution in [2.24, 2.45) is 12.8 Å². The van der Waals surface area contributed by atoms with Crippen LogP contribution in [0.3, 0.4) is 0 Å². The summed E-state index contributed by atoms with van der Waals surface area (Å²) in [5, 5.41) is 0. The number of nitrogens with zero attached hydrogens (tertiary/aromatic N) is 1. The molecule has 0 fully saturated rings. The Morgan fingerprint density at radius 1 is 1.58 bits per heavy atom. The first-order valence-corrected chi connectivity index (χ1v) is 3.50. The van der Waals surface area contributed by atoms with Gasteiger partial charge in [-0.15, -0.1) is 0 Å². The Labute approximate surface area is 69.6 Å². The first-order valence-electron chi connectivity index (χ1n) is 3.50. The zero-order valence-electron chi connectivity index (χ0n) is 7.00. The Kier molecular flexibility index (Phi) is 1.99. The van der Waals surface area contributed by atoms with Crippen LogP contribution in [0, 0.1) is 6.92 Å². The highest BCUT2D eigenvalue weighted by Crippen LogP contribution is 1.99. The van der Waals surface area contributed by atoms with Gasteiger partial charge in [-0.3, -0.25) is 9.59 Å². The van der Waals surface area contributed by atoms with Crippen LogP contribution in [0.5, 0.6) is 0 Å². The number of aryl methyl sites for hydroxylation is 1. The predicted octanol–water partition coefficient (Wildman–Crippen LogP) is -0.207. The average Bonchev–Trinajstić information content (AvgIpc) is 1.97. The van der Waals surface area contributed by atoms with Gasteiger partial charge in [-0.1, -0.05) is 0 Å². The molecule has 0 aliphatic heterocycles. The minimum Gasteiger partial charge on any atom is -0.365 e. The number of carbonyl (C=O) groups excluding carboxylic acids is 1. The van der Waals surface area contributed by atoms with Crippen LogP contribution in [0.15, 0.2) is 17.1 Å². The molecule has 1 aromatic heterocycles. The van der Waals surface area contributed by atoms with E-state index in [1.165, 1.54) is 6.07 Å². The molecule has 0 spiro atoms. The van der Waals surface area contributed by atoms with Gasteiger partial charge in [-0.25, -0.2) is 0 Å². The standard InChI is InChI=1S/C8H10N2O2/c1-5-7(8(9)12)6(11)3-4-10(5)2/h3-4H,1-2H3,(H2,9,12). The lowest BCUT2D eigenvalue weighted by molar-refractivity contribution is 0.0998. The molecule has 64 valence electrons. The minimum absolute atomic E-state index is 0.0694. The maximum absolute atomic E-state index is 11.1. The second kappa shape index (κ2) is 2.81. The highest BCUT2D eigenvalue weighted by atomic mass is 16.2. The van der Waals surface area contributed by atoms with Gasteiger partial charge in [0.25, 0.3) is 5.91 Å². The minimum atomic E-state index is -0.673. The van der Waals surface area contributed by atoms with Crippen molar-refractivity contribution in [1.29, 1.82) is 0 Å². The van der Waals surface area contributed by atoms with E-state index < -0.39 is 5.91 Å². The molecule has 0 atom stereocenters. The van der Waals surface area contributed by atoms with Crippen molar-refractivity contribution in [3.63, 3.8) is 0 Å². The number of aromatic nitrogens is 1. The first kappa shape index (κ1) is 8.52. The number of hydrogen-bond acceptors (Lipinski definition) is 2. The Bertz CT molecular complexity index is 379. The lowest BCUT2D eigenvalue weighted by Crippen LogP contribution is -2.25. The normalized spacial score (nSPS) is 9.83. The molecule has 1 aromatic rings. The number of nitrogens with two attached hydrogens (primary N) is 1. The number of primary amides is 1. The summed E-state index contributed by atoms with van der Waals surface area (Å²) in [5.74, 6) is -0.673. The van der Waals surface area contributed by atoms with E-state index in [1.54, 1.807) is 24.7 Å². The Hall–Kier alpha value is -1.58. The Morgan fingerprint density at radius 2 is 2.17 bits per heavy atom. The zero-order valence-corrected chi connectivity index (χ0v) is 7.00. The van der Waals surface area contributed by atoms with Gasteiger partial charge in [0, 0.05) is 25.0 Å². The fourth-order valence-electron chi connectivity index (χ4n) is 1.03. The fraction of sp³-hybridized carbons (Fsp3) is 0.250. The van der Waals surface area contributed by atoms with E-state index in [9.17, 15) is 9.59 Å². The van der Waals surface area contributed by atoms with Crippen LogP contribution in [-0.2, 0) is 7.05 Å². The van der Waals surface area contributed by atoms with Crippen molar-refractivity contribution in [2.45, 2.75) is 6.92 Å². The van der Waals surface area contributed by atoms with E-state index in [2.05, 4.69) is 0 Å². The highest BCUT2D eigenvalue weighted by Gasteiger charge is 2.10. The fourth-order valence-corrected chi connectivity index (χ4v) is 1.03. The smallest absolute Gasteiger partial charge is 0.254 e. The van der Waals surface area contributed by atoms with Crippen molar-refractivity contribution in [3.05, 3.63) is 33.7 Å². The van der Waals surface area contributed by atoms with Crippen LogP contribution < -0.4 is 11.2 Å². The van der Waals surface area contributed by atoms with Crippen LogP contribution in [0.25, 0.3) is 0 Å². The van der Waals surface area contributed by atoms with Crippen molar-refractivity contribution in [2.75, 3.05) is 0 Å². The lowest BCUT2D eigenvalue weighted by Gasteiger charge is -2.05. The molecule has 0 saturated heterocycles. The average molecular weight is 166 g/mol. The lowest BCUT2D eigenvalue weighted by atomic mass is 10.2. The van der Waals surface area contributed by atoms with Crippen molar-refractivity contribution < 1.29 is 4.79 Å². The third-order valence-electron chi connectivity index (χ3n) is 1.83. The molecule has 0 bridgehead atoms. The molecule has 4 nitrogen and oxygen atoms in total. The number of hydrogen-bond donors (Lipinski definition) is 1. The summed E-state index contributed by atoms with van der Waals surface area (Å²) in [5.41, 5.74) is 5.37. The first-order chi connectivity index (χ1) is 5.54. The Morgan fingerprint density at radius 3 is 2.58 bits per heavy atom. The predicted molar refractivity (Wildman–Crippen MR) is 44.9 cm³/mol. The van der Waals surface area contributed by atoms with Crippen molar-refractivity contribution >= 4 is 5.91 Å². The summed E-state index contributed by atoms with van der Waals surface area (Å²) in [6, 6.07) is 1.33. The monoisotopic (exact) mass is 166 g/mol. The summed E-state index contributed by atoms with van der Waals surface area (Å²) in [6.07, 6.45) is 1.60. The summed E-state index contributed by atoms with van der Waals surface area (Å²) in [4.78, 5) is 21.9. The van der Waals surface area contributed by atoms with Gasteiger partial charge in [0.2, 0.25) is 0 Å². The quantitative estimate of drug-likeness (QED) is 0.627. The third kappa shape index (κ3) is 1.23. The van der Waals surface area contributed by atoms with Gasteiger partial charge in [-0.2, -0.15) is 0 Å². The molecule has 12 heavy (non-hydrogen) atoms. The van der Waals surface area contributed by atoms with Gasteiger partial charge in [-0.05, 0) is 6.92 Å². The topological polar surface area (TPSA) is 65.1 Å². The number of amides is 1. The van der Waals surface area contributed by atoms with Gasteiger partial charge < -0.3 is 10.3 Å². The van der Waals surface area contributed by atoms with Crippen molar-refractivity contribution in [3.8, 4) is 0 Å². The SMILES string of the molecule is Cc1c(C(N)=O)c(=O)ccn1C. The highest BCUT2D eigenvalue weighted by molar-refractivity contribution is 5.93. The maximum atomic E-state index is 11.1. The number of carbonyl (C=O) groups is 1. The third-order valence-corrected chi connectivity index (χ3v) is 1.83. The van der Waals surface area contributed by atoms with E-state index in [0.717, 1.165) is 0 Å².